The van der Waals surface area contributed by atoms with E-state index in [0.717, 1.165) is 27.3 Å². The molecule has 0 aliphatic carbocycles. The zero-order valence-electron chi connectivity index (χ0n) is 10.8. The minimum Gasteiger partial charge on any atom is -0.318 e. The molecule has 1 N–H and O–H groups in total. The summed E-state index contributed by atoms with van der Waals surface area (Å²) in [5.41, 5.74) is 4.51. The van der Waals surface area contributed by atoms with E-state index in [4.69, 9.17) is 11.6 Å². The van der Waals surface area contributed by atoms with E-state index in [1.807, 2.05) is 28.9 Å². The Labute approximate surface area is 121 Å². The second-order valence-electron chi connectivity index (χ2n) is 4.94. The van der Waals surface area contributed by atoms with Crippen molar-refractivity contribution >= 4 is 23.4 Å². The van der Waals surface area contributed by atoms with Crippen LogP contribution in [0.5, 0.6) is 0 Å². The first-order valence-corrected chi connectivity index (χ1v) is 7.62. The second-order valence-corrected chi connectivity index (χ2v) is 6.36. The molecule has 6 heteroatoms. The van der Waals surface area contributed by atoms with Gasteiger partial charge in [0.2, 0.25) is 5.16 Å². The van der Waals surface area contributed by atoms with E-state index in [0.29, 0.717) is 12.0 Å². The van der Waals surface area contributed by atoms with Crippen LogP contribution in [-0.2, 0) is 0 Å². The largest absolute Gasteiger partial charge is 0.318 e. The van der Waals surface area contributed by atoms with Gasteiger partial charge in [0.15, 0.2) is 5.82 Å². The minimum atomic E-state index is 0.430. The number of nitrogens with zero attached hydrogens (tertiary/aromatic N) is 3. The molecule has 19 heavy (non-hydrogen) atoms. The molecular weight excluding hydrogens is 280 g/mol. The molecule has 0 amide bonds. The van der Waals surface area contributed by atoms with Gasteiger partial charge in [0.1, 0.15) is 0 Å². The van der Waals surface area contributed by atoms with Crippen LogP contribution in [0.15, 0.2) is 29.4 Å². The molecule has 0 saturated heterocycles. The quantitative estimate of drug-likeness (QED) is 0.923. The highest BCUT2D eigenvalue weighted by Crippen LogP contribution is 2.29. The molecule has 3 rings (SSSR count). The van der Waals surface area contributed by atoms with Crippen LogP contribution in [-0.4, -0.2) is 26.7 Å². The summed E-state index contributed by atoms with van der Waals surface area (Å²) in [5, 5.41) is 10.2. The molecule has 0 bridgehead atoms. The van der Waals surface area contributed by atoms with Crippen molar-refractivity contribution < 1.29 is 0 Å². The Kier molecular flexibility index (Phi) is 3.41. The zero-order valence-corrected chi connectivity index (χ0v) is 12.4. The van der Waals surface area contributed by atoms with Crippen LogP contribution >= 0.6 is 23.4 Å². The summed E-state index contributed by atoms with van der Waals surface area (Å²) in [6.45, 7) is 4.44. The maximum absolute atomic E-state index is 5.92. The average Bonchev–Trinajstić information content (AvgIpc) is 2.82. The van der Waals surface area contributed by atoms with Crippen molar-refractivity contribution in [2.24, 2.45) is 5.92 Å². The third-order valence-electron chi connectivity index (χ3n) is 3.23. The molecule has 100 valence electrons. The van der Waals surface area contributed by atoms with Gasteiger partial charge in [0.05, 0.1) is 6.04 Å². The number of benzene rings is 1. The Hall–Kier alpha value is -1.20. The SMILES string of the molecule is CC(C)C1CSc2nnc(-c3ccc(Cl)cc3)n2N1. The predicted octanol–water partition coefficient (Wildman–Crippen LogP) is 3.27. The number of hydrogen-bond donors (Lipinski definition) is 1. The fourth-order valence-electron chi connectivity index (χ4n) is 1.97. The molecule has 1 aromatic heterocycles. The van der Waals surface area contributed by atoms with Crippen LogP contribution in [0.1, 0.15) is 13.8 Å². The molecule has 1 unspecified atom stereocenters. The first-order chi connectivity index (χ1) is 9.15. The maximum Gasteiger partial charge on any atom is 0.210 e. The fourth-order valence-corrected chi connectivity index (χ4v) is 3.26. The molecule has 0 spiro atoms. The Balaban J connectivity index is 1.97. The normalized spacial score (nSPS) is 18.2. The predicted molar refractivity (Wildman–Crippen MR) is 79.2 cm³/mol. The van der Waals surface area contributed by atoms with Gasteiger partial charge in [-0.25, -0.2) is 4.68 Å². The third-order valence-corrected chi connectivity index (χ3v) is 4.53. The van der Waals surface area contributed by atoms with Gasteiger partial charge < -0.3 is 5.43 Å². The lowest BCUT2D eigenvalue weighted by Crippen LogP contribution is -2.38. The summed E-state index contributed by atoms with van der Waals surface area (Å²) < 4.78 is 1.99. The fraction of sp³-hybridized carbons (Fsp3) is 0.385. The van der Waals surface area contributed by atoms with Crippen LogP contribution in [0.4, 0.5) is 0 Å². The zero-order chi connectivity index (χ0) is 13.4. The van der Waals surface area contributed by atoms with E-state index in [1.54, 1.807) is 11.8 Å². The van der Waals surface area contributed by atoms with E-state index in [-0.39, 0.29) is 0 Å². The monoisotopic (exact) mass is 294 g/mol. The van der Waals surface area contributed by atoms with E-state index in [1.165, 1.54) is 0 Å². The molecule has 1 aromatic carbocycles. The van der Waals surface area contributed by atoms with Gasteiger partial charge in [-0.05, 0) is 30.2 Å². The molecule has 1 atom stereocenters. The van der Waals surface area contributed by atoms with Crippen molar-refractivity contribution in [1.82, 2.24) is 14.9 Å². The molecule has 1 aliphatic heterocycles. The van der Waals surface area contributed by atoms with E-state index >= 15 is 0 Å². The van der Waals surface area contributed by atoms with Crippen molar-refractivity contribution in [3.05, 3.63) is 29.3 Å². The summed E-state index contributed by atoms with van der Waals surface area (Å²) in [4.78, 5) is 0. The van der Waals surface area contributed by atoms with Crippen molar-refractivity contribution in [2.75, 3.05) is 11.2 Å². The Morgan fingerprint density at radius 3 is 2.74 bits per heavy atom. The average molecular weight is 295 g/mol. The summed E-state index contributed by atoms with van der Waals surface area (Å²) in [6.07, 6.45) is 0. The van der Waals surface area contributed by atoms with Gasteiger partial charge >= 0.3 is 0 Å². The van der Waals surface area contributed by atoms with E-state index in [9.17, 15) is 0 Å². The van der Waals surface area contributed by atoms with Gasteiger partial charge in [-0.1, -0.05) is 37.2 Å². The molecule has 0 radical (unpaired) electrons. The van der Waals surface area contributed by atoms with E-state index in [2.05, 4.69) is 29.5 Å². The number of nitrogens with one attached hydrogen (secondary N) is 1. The van der Waals surface area contributed by atoms with Gasteiger partial charge in [-0.2, -0.15) is 0 Å². The lowest BCUT2D eigenvalue weighted by atomic mass is 10.1. The van der Waals surface area contributed by atoms with Crippen molar-refractivity contribution in [1.29, 1.82) is 0 Å². The summed E-state index contributed by atoms with van der Waals surface area (Å²) in [6, 6.07) is 8.10. The number of fused-ring (bicyclic) bond motifs is 1. The molecule has 1 aliphatic rings. The lowest BCUT2D eigenvalue weighted by Gasteiger charge is -2.28. The Morgan fingerprint density at radius 2 is 2.05 bits per heavy atom. The number of aromatic nitrogens is 3. The summed E-state index contributed by atoms with van der Waals surface area (Å²) in [5.74, 6) is 2.43. The summed E-state index contributed by atoms with van der Waals surface area (Å²) >= 11 is 7.66. The van der Waals surface area contributed by atoms with Crippen molar-refractivity contribution in [3.8, 4) is 11.4 Å². The number of hydrogen-bond acceptors (Lipinski definition) is 4. The highest BCUT2D eigenvalue weighted by atomic mass is 35.5. The van der Waals surface area contributed by atoms with Gasteiger partial charge in [0.25, 0.3) is 0 Å². The molecular formula is C13H15ClN4S. The number of rotatable bonds is 2. The van der Waals surface area contributed by atoms with Crippen molar-refractivity contribution in [3.63, 3.8) is 0 Å². The highest BCUT2D eigenvalue weighted by molar-refractivity contribution is 7.99. The molecule has 0 saturated carbocycles. The third kappa shape index (κ3) is 2.44. The first-order valence-electron chi connectivity index (χ1n) is 6.26. The Morgan fingerprint density at radius 1 is 1.32 bits per heavy atom. The van der Waals surface area contributed by atoms with Crippen LogP contribution in [0.25, 0.3) is 11.4 Å². The van der Waals surface area contributed by atoms with Crippen LogP contribution in [0.3, 0.4) is 0 Å². The Bertz CT molecular complexity index is 579. The topological polar surface area (TPSA) is 42.7 Å². The van der Waals surface area contributed by atoms with Gasteiger partial charge in [-0.3, -0.25) is 0 Å². The smallest absolute Gasteiger partial charge is 0.210 e. The van der Waals surface area contributed by atoms with Crippen molar-refractivity contribution in [2.45, 2.75) is 25.0 Å². The minimum absolute atomic E-state index is 0.430. The lowest BCUT2D eigenvalue weighted by molar-refractivity contribution is 0.503. The molecule has 4 nitrogen and oxygen atoms in total. The number of thioether (sulfide) groups is 1. The van der Waals surface area contributed by atoms with Crippen LogP contribution in [0.2, 0.25) is 5.02 Å². The highest BCUT2D eigenvalue weighted by Gasteiger charge is 2.25. The second kappa shape index (κ2) is 5.06. The number of halogens is 1. The van der Waals surface area contributed by atoms with Gasteiger partial charge in [-0.15, -0.1) is 10.2 Å². The summed E-state index contributed by atoms with van der Waals surface area (Å²) in [7, 11) is 0. The van der Waals surface area contributed by atoms with E-state index < -0.39 is 0 Å². The standard InChI is InChI=1S/C13H15ClN4S/c1-8(2)11-7-19-13-16-15-12(18(13)17-11)9-3-5-10(14)6-4-9/h3-6,8,11,17H,7H2,1-2H3. The van der Waals surface area contributed by atoms with Crippen LogP contribution < -0.4 is 5.43 Å². The molecule has 2 aromatic rings. The molecule has 2 heterocycles. The first kappa shape index (κ1) is 12.8. The maximum atomic E-state index is 5.92. The van der Waals surface area contributed by atoms with Gasteiger partial charge in [0, 0.05) is 16.3 Å². The van der Waals surface area contributed by atoms with Crippen LogP contribution in [0, 0.1) is 5.92 Å². The molecule has 0 fully saturated rings.